The molecule has 0 aliphatic heterocycles. The van der Waals surface area contributed by atoms with Crippen molar-refractivity contribution in [1.29, 1.82) is 0 Å². The molecule has 2 fully saturated rings. The smallest absolute Gasteiger partial charge is 0.257 e. The second-order valence-electron chi connectivity index (χ2n) is 8.83. The number of amides is 1. The molecule has 2 saturated carbocycles. The van der Waals surface area contributed by atoms with Crippen molar-refractivity contribution in [3.05, 3.63) is 70.1 Å². The van der Waals surface area contributed by atoms with Gasteiger partial charge in [-0.15, -0.1) is 0 Å². The topological polar surface area (TPSA) is 77.6 Å². The maximum absolute atomic E-state index is 13.4. The molecule has 8 heteroatoms. The van der Waals surface area contributed by atoms with E-state index in [9.17, 15) is 4.79 Å². The Hall–Kier alpha value is -3.19. The SMILES string of the molecule is Cn1nc(C2CC2)c2c(C(=O)Nc3ccn(Cc4ccc(Cl)cc4)n3)cc(C3CC3)nc21. The number of benzene rings is 1. The first kappa shape index (κ1) is 19.5. The quantitative estimate of drug-likeness (QED) is 0.458. The van der Waals surface area contributed by atoms with Crippen LogP contribution < -0.4 is 5.32 Å². The van der Waals surface area contributed by atoms with E-state index in [1.165, 1.54) is 0 Å². The molecule has 3 aromatic heterocycles. The average Bonchev–Trinajstić information content (AvgIpc) is 3.71. The van der Waals surface area contributed by atoms with E-state index in [1.54, 1.807) is 4.68 Å². The minimum absolute atomic E-state index is 0.161. The van der Waals surface area contributed by atoms with Gasteiger partial charge in [-0.05, 0) is 49.4 Å². The summed E-state index contributed by atoms with van der Waals surface area (Å²) in [7, 11) is 1.91. The van der Waals surface area contributed by atoms with Crippen LogP contribution in [0.25, 0.3) is 11.0 Å². The summed E-state index contributed by atoms with van der Waals surface area (Å²) >= 11 is 5.97. The Morgan fingerprint density at radius 1 is 1.09 bits per heavy atom. The van der Waals surface area contributed by atoms with Gasteiger partial charge in [0.25, 0.3) is 5.91 Å². The zero-order valence-electron chi connectivity index (χ0n) is 17.8. The molecule has 1 amide bonds. The molecule has 1 N–H and O–H groups in total. The van der Waals surface area contributed by atoms with E-state index in [-0.39, 0.29) is 5.91 Å². The lowest BCUT2D eigenvalue weighted by molar-refractivity contribution is 0.102. The van der Waals surface area contributed by atoms with Gasteiger partial charge in [-0.3, -0.25) is 14.2 Å². The molecule has 0 bridgehead atoms. The van der Waals surface area contributed by atoms with Crippen LogP contribution in [0.4, 0.5) is 5.82 Å². The summed E-state index contributed by atoms with van der Waals surface area (Å²) in [5, 5.41) is 13.8. The van der Waals surface area contributed by atoms with Crippen LogP contribution in [0.1, 0.15) is 64.8 Å². The molecule has 3 heterocycles. The Bertz CT molecular complexity index is 1330. The Balaban J connectivity index is 1.30. The molecule has 0 spiro atoms. The van der Waals surface area contributed by atoms with Crippen LogP contribution in [0.5, 0.6) is 0 Å². The lowest BCUT2D eigenvalue weighted by atomic mass is 10.0. The molecule has 162 valence electrons. The van der Waals surface area contributed by atoms with Gasteiger partial charge in [-0.1, -0.05) is 23.7 Å². The number of aromatic nitrogens is 5. The van der Waals surface area contributed by atoms with Gasteiger partial charge in [-0.25, -0.2) is 4.98 Å². The number of halogens is 1. The number of carbonyl (C=O) groups excluding carboxylic acids is 1. The fourth-order valence-electron chi connectivity index (χ4n) is 4.18. The molecule has 7 nitrogen and oxygen atoms in total. The number of rotatable bonds is 6. The number of nitrogens with zero attached hydrogens (tertiary/aromatic N) is 5. The number of anilines is 1. The summed E-state index contributed by atoms with van der Waals surface area (Å²) in [6.07, 6.45) is 6.35. The molecule has 0 unspecified atom stereocenters. The minimum atomic E-state index is -0.161. The van der Waals surface area contributed by atoms with Crippen molar-refractivity contribution in [1.82, 2.24) is 24.5 Å². The third-order valence-electron chi connectivity index (χ3n) is 6.18. The molecule has 6 rings (SSSR count). The minimum Gasteiger partial charge on any atom is -0.305 e. The van der Waals surface area contributed by atoms with Crippen LogP contribution in [0.15, 0.2) is 42.6 Å². The first-order valence-corrected chi connectivity index (χ1v) is 11.4. The number of aryl methyl sites for hydroxylation is 1. The van der Waals surface area contributed by atoms with Gasteiger partial charge in [-0.2, -0.15) is 10.2 Å². The van der Waals surface area contributed by atoms with Crippen LogP contribution in [-0.2, 0) is 13.6 Å². The fraction of sp³-hybridized carbons (Fsp3) is 0.333. The van der Waals surface area contributed by atoms with Crippen molar-refractivity contribution in [2.75, 3.05) is 5.32 Å². The Labute approximate surface area is 190 Å². The predicted octanol–water partition coefficient (Wildman–Crippen LogP) is 4.87. The van der Waals surface area contributed by atoms with E-state index < -0.39 is 0 Å². The van der Waals surface area contributed by atoms with Gasteiger partial charge in [0.05, 0.1) is 23.2 Å². The van der Waals surface area contributed by atoms with E-state index in [4.69, 9.17) is 21.7 Å². The third kappa shape index (κ3) is 3.66. The normalized spacial score (nSPS) is 15.9. The second kappa shape index (κ2) is 7.45. The highest BCUT2D eigenvalue weighted by molar-refractivity contribution is 6.30. The first-order chi connectivity index (χ1) is 15.5. The number of nitrogens with one attached hydrogen (secondary N) is 1. The molecular weight excluding hydrogens is 424 g/mol. The molecule has 0 saturated heterocycles. The lowest BCUT2D eigenvalue weighted by Gasteiger charge is -2.08. The van der Waals surface area contributed by atoms with E-state index in [0.29, 0.717) is 34.8 Å². The number of hydrogen-bond acceptors (Lipinski definition) is 4. The van der Waals surface area contributed by atoms with Gasteiger partial charge < -0.3 is 5.32 Å². The van der Waals surface area contributed by atoms with Crippen LogP contribution in [-0.4, -0.2) is 30.5 Å². The summed E-state index contributed by atoms with van der Waals surface area (Å²) in [6, 6.07) is 11.4. The number of fused-ring (bicyclic) bond motifs is 1. The number of hydrogen-bond donors (Lipinski definition) is 1. The lowest BCUT2D eigenvalue weighted by Crippen LogP contribution is -2.14. The highest BCUT2D eigenvalue weighted by Gasteiger charge is 2.33. The maximum Gasteiger partial charge on any atom is 0.257 e. The first-order valence-electron chi connectivity index (χ1n) is 11.0. The van der Waals surface area contributed by atoms with Crippen molar-refractivity contribution in [2.24, 2.45) is 7.05 Å². The highest BCUT2D eigenvalue weighted by atomic mass is 35.5. The van der Waals surface area contributed by atoms with E-state index >= 15 is 0 Å². The molecule has 4 aromatic rings. The Morgan fingerprint density at radius 3 is 2.56 bits per heavy atom. The van der Waals surface area contributed by atoms with E-state index in [0.717, 1.165) is 53.7 Å². The second-order valence-corrected chi connectivity index (χ2v) is 9.27. The monoisotopic (exact) mass is 446 g/mol. The highest BCUT2D eigenvalue weighted by Crippen LogP contribution is 2.45. The van der Waals surface area contributed by atoms with Crippen LogP contribution in [0.3, 0.4) is 0 Å². The van der Waals surface area contributed by atoms with Crippen molar-refractivity contribution >= 4 is 34.4 Å². The van der Waals surface area contributed by atoms with Gasteiger partial charge in [0.15, 0.2) is 11.5 Å². The molecular formula is C24H23ClN6O. The zero-order valence-corrected chi connectivity index (χ0v) is 18.5. The summed E-state index contributed by atoms with van der Waals surface area (Å²) in [5.41, 5.74) is 4.52. The van der Waals surface area contributed by atoms with E-state index in [1.807, 2.05) is 54.3 Å². The standard InChI is InChI=1S/C24H23ClN6O/c1-30-23-21(22(29-30)16-6-7-16)18(12-19(26-23)15-4-5-15)24(32)27-20-10-11-31(28-20)13-14-2-8-17(25)9-3-14/h2-3,8-12,15-16H,4-7,13H2,1H3,(H,27,28,32). The molecule has 1 aromatic carbocycles. The summed E-state index contributed by atoms with van der Waals surface area (Å²) in [4.78, 5) is 18.3. The number of pyridine rings is 1. The van der Waals surface area contributed by atoms with Crippen LogP contribution >= 0.6 is 11.6 Å². The molecule has 32 heavy (non-hydrogen) atoms. The van der Waals surface area contributed by atoms with E-state index in [2.05, 4.69) is 10.4 Å². The third-order valence-corrected chi connectivity index (χ3v) is 6.44. The van der Waals surface area contributed by atoms with Gasteiger partial charge in [0.2, 0.25) is 0 Å². The number of carbonyl (C=O) groups is 1. The summed E-state index contributed by atoms with van der Waals surface area (Å²) in [5.74, 6) is 1.24. The maximum atomic E-state index is 13.4. The molecule has 0 atom stereocenters. The Morgan fingerprint density at radius 2 is 1.84 bits per heavy atom. The molecule has 2 aliphatic rings. The zero-order chi connectivity index (χ0) is 21.8. The van der Waals surface area contributed by atoms with Crippen molar-refractivity contribution < 1.29 is 4.79 Å². The predicted molar refractivity (Wildman–Crippen MR) is 123 cm³/mol. The fourth-order valence-corrected chi connectivity index (χ4v) is 4.31. The van der Waals surface area contributed by atoms with Crippen molar-refractivity contribution in [3.8, 4) is 0 Å². The molecule has 0 radical (unpaired) electrons. The van der Waals surface area contributed by atoms with Gasteiger partial charge >= 0.3 is 0 Å². The van der Waals surface area contributed by atoms with Crippen LogP contribution in [0, 0.1) is 0 Å². The van der Waals surface area contributed by atoms with Crippen molar-refractivity contribution in [3.63, 3.8) is 0 Å². The van der Waals surface area contributed by atoms with Crippen molar-refractivity contribution in [2.45, 2.75) is 44.1 Å². The Kier molecular flexibility index (Phi) is 4.54. The molecule has 2 aliphatic carbocycles. The largest absolute Gasteiger partial charge is 0.305 e. The summed E-state index contributed by atoms with van der Waals surface area (Å²) < 4.78 is 3.63. The summed E-state index contributed by atoms with van der Waals surface area (Å²) in [6.45, 7) is 0.604. The van der Waals surface area contributed by atoms with Crippen LogP contribution in [0.2, 0.25) is 5.02 Å². The van der Waals surface area contributed by atoms with Gasteiger partial charge in [0.1, 0.15) is 0 Å². The van der Waals surface area contributed by atoms with Gasteiger partial charge in [0, 0.05) is 41.9 Å². The average molecular weight is 447 g/mol.